The summed E-state index contributed by atoms with van der Waals surface area (Å²) in [6, 6.07) is 5.65. The van der Waals surface area contributed by atoms with Crippen molar-refractivity contribution in [2.45, 2.75) is 12.8 Å². The Morgan fingerprint density at radius 2 is 2.24 bits per heavy atom. The molecule has 5 heteroatoms. The van der Waals surface area contributed by atoms with Crippen LogP contribution in [0.5, 0.6) is 5.75 Å². The van der Waals surface area contributed by atoms with Gasteiger partial charge in [-0.2, -0.15) is 0 Å². The van der Waals surface area contributed by atoms with Crippen LogP contribution in [0.1, 0.15) is 12.8 Å². The van der Waals surface area contributed by atoms with Gasteiger partial charge in [0.15, 0.2) is 0 Å². The van der Waals surface area contributed by atoms with Crippen molar-refractivity contribution in [1.82, 2.24) is 5.32 Å². The molecule has 0 amide bonds. The second kappa shape index (κ2) is 7.47. The summed E-state index contributed by atoms with van der Waals surface area (Å²) in [5.41, 5.74) is 0. The van der Waals surface area contributed by atoms with Crippen molar-refractivity contribution in [2.24, 2.45) is 5.92 Å². The summed E-state index contributed by atoms with van der Waals surface area (Å²) >= 11 is 9.35. The van der Waals surface area contributed by atoms with Gasteiger partial charge in [-0.25, -0.2) is 0 Å². The molecule has 96 valence electrons. The van der Waals surface area contributed by atoms with Gasteiger partial charge in [0.2, 0.25) is 0 Å². The van der Waals surface area contributed by atoms with E-state index in [1.165, 1.54) is 12.8 Å². The molecule has 0 aliphatic carbocycles. The summed E-state index contributed by atoms with van der Waals surface area (Å²) in [6.45, 7) is 2.96. The van der Waals surface area contributed by atoms with Gasteiger partial charge >= 0.3 is 0 Å². The number of hydrogen-bond acceptors (Lipinski definition) is 2. The molecule has 1 aromatic rings. The van der Waals surface area contributed by atoms with Gasteiger partial charge in [0, 0.05) is 22.0 Å². The topological polar surface area (TPSA) is 21.3 Å². The van der Waals surface area contributed by atoms with E-state index in [0.717, 1.165) is 29.9 Å². The molecule has 1 aliphatic rings. The van der Waals surface area contributed by atoms with E-state index in [4.69, 9.17) is 16.3 Å². The molecule has 1 N–H and O–H groups in total. The van der Waals surface area contributed by atoms with Gasteiger partial charge in [-0.3, -0.25) is 0 Å². The molecule has 2 rings (SSSR count). The summed E-state index contributed by atoms with van der Waals surface area (Å²) in [5.74, 6) is 1.46. The molecule has 0 aromatic heterocycles. The summed E-state index contributed by atoms with van der Waals surface area (Å²) in [5, 5.41) is 4.08. The minimum atomic E-state index is 0. The zero-order chi connectivity index (χ0) is 11.4. The van der Waals surface area contributed by atoms with Crippen LogP contribution in [0, 0.1) is 5.92 Å². The van der Waals surface area contributed by atoms with Crippen LogP contribution in [-0.2, 0) is 0 Å². The smallest absolute Gasteiger partial charge is 0.121 e. The van der Waals surface area contributed by atoms with E-state index >= 15 is 0 Å². The Morgan fingerprint density at radius 3 is 2.88 bits per heavy atom. The standard InChI is InChI=1S/C12H15BrClNO.ClH/c13-10-4-11(14)6-12(5-10)16-8-9-2-1-3-15-7-9;/h4-6,9,15H,1-3,7-8H2;1H. The van der Waals surface area contributed by atoms with Crippen molar-refractivity contribution < 1.29 is 4.74 Å². The van der Waals surface area contributed by atoms with Gasteiger partial charge < -0.3 is 10.1 Å². The third-order valence-corrected chi connectivity index (χ3v) is 3.40. The van der Waals surface area contributed by atoms with Crippen molar-refractivity contribution in [3.8, 4) is 5.75 Å². The Morgan fingerprint density at radius 1 is 1.41 bits per heavy atom. The largest absolute Gasteiger partial charge is 0.493 e. The lowest BCUT2D eigenvalue weighted by atomic mass is 10.0. The van der Waals surface area contributed by atoms with Crippen LogP contribution in [0.2, 0.25) is 5.02 Å². The van der Waals surface area contributed by atoms with Crippen molar-refractivity contribution in [1.29, 1.82) is 0 Å². The van der Waals surface area contributed by atoms with E-state index in [1.807, 2.05) is 18.2 Å². The molecule has 0 saturated carbocycles. The van der Waals surface area contributed by atoms with E-state index in [1.54, 1.807) is 0 Å². The number of benzene rings is 1. The molecule has 1 heterocycles. The number of rotatable bonds is 3. The highest BCUT2D eigenvalue weighted by atomic mass is 79.9. The SMILES string of the molecule is Cl.Clc1cc(Br)cc(OCC2CCCNC2)c1. The molecule has 0 radical (unpaired) electrons. The Hall–Kier alpha value is 0.0400. The zero-order valence-corrected chi connectivity index (χ0v) is 12.6. The summed E-state index contributed by atoms with van der Waals surface area (Å²) in [4.78, 5) is 0. The third kappa shape index (κ3) is 5.04. The Labute approximate surface area is 122 Å². The summed E-state index contributed by atoms with van der Waals surface area (Å²) in [6.07, 6.45) is 2.49. The van der Waals surface area contributed by atoms with Crippen LogP contribution >= 0.6 is 39.9 Å². The van der Waals surface area contributed by atoms with Crippen LogP contribution in [-0.4, -0.2) is 19.7 Å². The maximum absolute atomic E-state index is 5.95. The Balaban J connectivity index is 0.00000144. The third-order valence-electron chi connectivity index (χ3n) is 2.72. The molecule has 2 nitrogen and oxygen atoms in total. The molecule has 1 atom stereocenters. The first-order valence-corrected chi connectivity index (χ1v) is 6.71. The molecule has 1 aromatic carbocycles. The molecule has 1 aliphatic heterocycles. The zero-order valence-electron chi connectivity index (χ0n) is 9.42. The second-order valence-corrected chi connectivity index (χ2v) is 5.48. The fourth-order valence-corrected chi connectivity index (χ4v) is 2.72. The number of halogens is 3. The number of ether oxygens (including phenoxy) is 1. The number of nitrogens with one attached hydrogen (secondary N) is 1. The second-order valence-electron chi connectivity index (χ2n) is 4.13. The summed E-state index contributed by atoms with van der Waals surface area (Å²) in [7, 11) is 0. The lowest BCUT2D eigenvalue weighted by Gasteiger charge is -2.22. The van der Waals surface area contributed by atoms with Crippen molar-refractivity contribution in [3.05, 3.63) is 27.7 Å². The Bertz CT molecular complexity index is 336. The fourth-order valence-electron chi connectivity index (χ4n) is 1.89. The lowest BCUT2D eigenvalue weighted by molar-refractivity contribution is 0.218. The van der Waals surface area contributed by atoms with Crippen LogP contribution in [0.4, 0.5) is 0 Å². The predicted molar refractivity (Wildman–Crippen MR) is 77.5 cm³/mol. The predicted octanol–water partition coefficient (Wildman–Crippen LogP) is 3.90. The average molecular weight is 341 g/mol. The highest BCUT2D eigenvalue weighted by molar-refractivity contribution is 9.10. The quantitative estimate of drug-likeness (QED) is 0.900. The number of piperidine rings is 1. The maximum Gasteiger partial charge on any atom is 0.121 e. The monoisotopic (exact) mass is 339 g/mol. The van der Waals surface area contributed by atoms with Gasteiger partial charge in [-0.05, 0) is 37.6 Å². The summed E-state index contributed by atoms with van der Waals surface area (Å²) < 4.78 is 6.71. The highest BCUT2D eigenvalue weighted by Gasteiger charge is 2.13. The first kappa shape index (κ1) is 15.1. The van der Waals surface area contributed by atoms with Gasteiger partial charge in [0.05, 0.1) is 6.61 Å². The van der Waals surface area contributed by atoms with Crippen LogP contribution in [0.25, 0.3) is 0 Å². The minimum absolute atomic E-state index is 0. The van der Waals surface area contributed by atoms with E-state index in [0.29, 0.717) is 10.9 Å². The van der Waals surface area contributed by atoms with Gasteiger partial charge in [0.1, 0.15) is 5.75 Å². The fraction of sp³-hybridized carbons (Fsp3) is 0.500. The first-order chi connectivity index (χ1) is 7.74. The average Bonchev–Trinajstić information content (AvgIpc) is 2.27. The normalized spacial score (nSPS) is 19.5. The van der Waals surface area contributed by atoms with Gasteiger partial charge in [-0.1, -0.05) is 27.5 Å². The van der Waals surface area contributed by atoms with E-state index in [-0.39, 0.29) is 12.4 Å². The van der Waals surface area contributed by atoms with Crippen molar-refractivity contribution in [2.75, 3.05) is 19.7 Å². The van der Waals surface area contributed by atoms with E-state index in [2.05, 4.69) is 21.2 Å². The lowest BCUT2D eigenvalue weighted by Crippen LogP contribution is -2.33. The van der Waals surface area contributed by atoms with Gasteiger partial charge in [0.25, 0.3) is 0 Å². The molecule has 0 bridgehead atoms. The molecule has 1 fully saturated rings. The van der Waals surface area contributed by atoms with Crippen molar-refractivity contribution >= 4 is 39.9 Å². The van der Waals surface area contributed by atoms with E-state index < -0.39 is 0 Å². The van der Waals surface area contributed by atoms with Crippen LogP contribution in [0.3, 0.4) is 0 Å². The Kier molecular flexibility index (Phi) is 6.63. The molecule has 1 saturated heterocycles. The number of hydrogen-bond donors (Lipinski definition) is 1. The highest BCUT2D eigenvalue weighted by Crippen LogP contribution is 2.25. The molecular weight excluding hydrogens is 325 g/mol. The van der Waals surface area contributed by atoms with E-state index in [9.17, 15) is 0 Å². The van der Waals surface area contributed by atoms with Crippen LogP contribution < -0.4 is 10.1 Å². The minimum Gasteiger partial charge on any atom is -0.493 e. The first-order valence-electron chi connectivity index (χ1n) is 5.53. The molecule has 1 unspecified atom stereocenters. The molecular formula is C12H16BrCl2NO. The molecule has 17 heavy (non-hydrogen) atoms. The van der Waals surface area contributed by atoms with Crippen molar-refractivity contribution in [3.63, 3.8) is 0 Å². The van der Waals surface area contributed by atoms with Crippen LogP contribution in [0.15, 0.2) is 22.7 Å². The van der Waals surface area contributed by atoms with Gasteiger partial charge in [-0.15, -0.1) is 12.4 Å². The molecule has 0 spiro atoms. The maximum atomic E-state index is 5.95.